The highest BCUT2D eigenvalue weighted by Crippen LogP contribution is 2.25. The van der Waals surface area contributed by atoms with Crippen LogP contribution in [0.15, 0.2) is 61.2 Å². The summed E-state index contributed by atoms with van der Waals surface area (Å²) in [6.07, 6.45) is 9.22. The molecule has 3 heterocycles. The van der Waals surface area contributed by atoms with E-state index in [1.54, 1.807) is 24.5 Å². The molecule has 1 unspecified atom stereocenters. The van der Waals surface area contributed by atoms with Gasteiger partial charge in [0.05, 0.1) is 0 Å². The molecular weight excluding hydrogens is 298 g/mol. The first-order valence-corrected chi connectivity index (χ1v) is 8.32. The lowest BCUT2D eigenvalue weighted by atomic mass is 9.96. The van der Waals surface area contributed by atoms with Crippen LogP contribution >= 0.6 is 0 Å². The highest BCUT2D eigenvalue weighted by atomic mass is 16.2. The molecule has 1 aliphatic rings. The zero-order valence-corrected chi connectivity index (χ0v) is 13.4. The Labute approximate surface area is 141 Å². The molecule has 2 aromatic heterocycles. The summed E-state index contributed by atoms with van der Waals surface area (Å²) in [5, 5.41) is 2.45. The Bertz CT molecular complexity index is 858. The molecule has 1 amide bonds. The molecule has 0 N–H and O–H groups in total. The molecule has 4 rings (SSSR count). The number of nitrogens with zero attached hydrogens (tertiary/aromatic N) is 3. The number of amides is 1. The van der Waals surface area contributed by atoms with Crippen LogP contribution in [0.1, 0.15) is 22.3 Å². The van der Waals surface area contributed by atoms with Crippen LogP contribution in [0.5, 0.6) is 0 Å². The number of pyridine rings is 2. The molecular formula is C20H19N3O. The minimum absolute atomic E-state index is 0.107. The van der Waals surface area contributed by atoms with E-state index >= 15 is 0 Å². The third-order valence-electron chi connectivity index (χ3n) is 4.76. The molecule has 0 bridgehead atoms. The van der Waals surface area contributed by atoms with Crippen molar-refractivity contribution < 1.29 is 4.79 Å². The van der Waals surface area contributed by atoms with Gasteiger partial charge in [0, 0.05) is 48.8 Å². The van der Waals surface area contributed by atoms with Crippen molar-refractivity contribution in [2.75, 3.05) is 13.1 Å². The summed E-state index contributed by atoms with van der Waals surface area (Å²) in [5.41, 5.74) is 1.99. The molecule has 1 aliphatic heterocycles. The standard InChI is InChI=1S/C20H19N3O/c24-20(16-5-8-21-9-6-16)23-10-7-15(14-23)11-18-13-22-12-17-3-1-2-4-19(17)18/h1-6,8-9,12-13,15H,7,10-11,14H2. The molecule has 3 aromatic rings. The van der Waals surface area contributed by atoms with Crippen molar-refractivity contribution in [1.82, 2.24) is 14.9 Å². The average molecular weight is 317 g/mol. The van der Waals surface area contributed by atoms with Crippen molar-refractivity contribution in [2.45, 2.75) is 12.8 Å². The SMILES string of the molecule is O=C(c1ccncc1)N1CCC(Cc2cncc3ccccc23)C1. The third-order valence-corrected chi connectivity index (χ3v) is 4.76. The number of carbonyl (C=O) groups excluding carboxylic acids is 1. The zero-order valence-electron chi connectivity index (χ0n) is 13.4. The fourth-order valence-electron chi connectivity index (χ4n) is 3.51. The number of hydrogen-bond acceptors (Lipinski definition) is 3. The van der Waals surface area contributed by atoms with Gasteiger partial charge in [0.25, 0.3) is 5.91 Å². The third kappa shape index (κ3) is 2.87. The normalized spacial score (nSPS) is 17.3. The fraction of sp³-hybridized carbons (Fsp3) is 0.250. The van der Waals surface area contributed by atoms with Crippen molar-refractivity contribution >= 4 is 16.7 Å². The predicted molar refractivity (Wildman–Crippen MR) is 93.7 cm³/mol. The van der Waals surface area contributed by atoms with Crippen LogP contribution in [0.4, 0.5) is 0 Å². The van der Waals surface area contributed by atoms with Crippen LogP contribution in [-0.2, 0) is 6.42 Å². The Morgan fingerprint density at radius 3 is 2.79 bits per heavy atom. The summed E-state index contributed by atoms with van der Waals surface area (Å²) in [6.45, 7) is 1.63. The molecule has 0 spiro atoms. The van der Waals surface area contributed by atoms with Crippen LogP contribution < -0.4 is 0 Å². The first-order valence-electron chi connectivity index (χ1n) is 8.32. The van der Waals surface area contributed by atoms with Gasteiger partial charge in [-0.2, -0.15) is 0 Å². The van der Waals surface area contributed by atoms with Gasteiger partial charge in [0.1, 0.15) is 0 Å². The monoisotopic (exact) mass is 317 g/mol. The van der Waals surface area contributed by atoms with E-state index < -0.39 is 0 Å². The predicted octanol–water partition coefficient (Wildman–Crippen LogP) is 3.33. The Morgan fingerprint density at radius 1 is 1.08 bits per heavy atom. The van der Waals surface area contributed by atoms with E-state index in [4.69, 9.17) is 0 Å². The molecule has 1 aromatic carbocycles. The van der Waals surface area contributed by atoms with Crippen LogP contribution in [0.25, 0.3) is 10.8 Å². The summed E-state index contributed by atoms with van der Waals surface area (Å²) in [5.74, 6) is 0.597. The Kier molecular flexibility index (Phi) is 3.95. The van der Waals surface area contributed by atoms with Crippen molar-refractivity contribution in [3.63, 3.8) is 0 Å². The molecule has 120 valence electrons. The van der Waals surface area contributed by atoms with Crippen molar-refractivity contribution in [2.24, 2.45) is 5.92 Å². The number of carbonyl (C=O) groups is 1. The number of likely N-dealkylation sites (tertiary alicyclic amines) is 1. The molecule has 24 heavy (non-hydrogen) atoms. The smallest absolute Gasteiger partial charge is 0.253 e. The topological polar surface area (TPSA) is 46.1 Å². The highest BCUT2D eigenvalue weighted by Gasteiger charge is 2.27. The maximum atomic E-state index is 12.5. The first kappa shape index (κ1) is 14.8. The van der Waals surface area contributed by atoms with Gasteiger partial charge in [-0.1, -0.05) is 24.3 Å². The van der Waals surface area contributed by atoms with Crippen LogP contribution in [-0.4, -0.2) is 33.9 Å². The van der Waals surface area contributed by atoms with Gasteiger partial charge in [0.15, 0.2) is 0 Å². The molecule has 0 aliphatic carbocycles. The van der Waals surface area contributed by atoms with Crippen LogP contribution in [0.3, 0.4) is 0 Å². The number of fused-ring (bicyclic) bond motifs is 1. The Hall–Kier alpha value is -2.75. The molecule has 1 atom stereocenters. The van der Waals surface area contributed by atoms with Gasteiger partial charge in [-0.05, 0) is 41.8 Å². The summed E-state index contributed by atoms with van der Waals surface area (Å²) < 4.78 is 0. The minimum Gasteiger partial charge on any atom is -0.338 e. The highest BCUT2D eigenvalue weighted by molar-refractivity contribution is 5.94. The van der Waals surface area contributed by atoms with Gasteiger partial charge < -0.3 is 4.90 Å². The van der Waals surface area contributed by atoms with E-state index in [0.717, 1.165) is 31.5 Å². The minimum atomic E-state index is 0.107. The molecule has 4 heteroatoms. The second-order valence-electron chi connectivity index (χ2n) is 6.37. The van der Waals surface area contributed by atoms with Crippen molar-refractivity contribution in [3.8, 4) is 0 Å². The second kappa shape index (κ2) is 6.40. The molecule has 1 saturated heterocycles. The lowest BCUT2D eigenvalue weighted by Crippen LogP contribution is -2.28. The molecule has 0 saturated carbocycles. The van der Waals surface area contributed by atoms with E-state index in [1.165, 1.54) is 16.3 Å². The largest absolute Gasteiger partial charge is 0.338 e. The number of hydrogen-bond donors (Lipinski definition) is 0. The lowest BCUT2D eigenvalue weighted by Gasteiger charge is -2.17. The van der Waals surface area contributed by atoms with E-state index in [0.29, 0.717) is 5.92 Å². The quantitative estimate of drug-likeness (QED) is 0.744. The number of aromatic nitrogens is 2. The van der Waals surface area contributed by atoms with Crippen LogP contribution in [0, 0.1) is 5.92 Å². The van der Waals surface area contributed by atoms with E-state index in [-0.39, 0.29) is 5.91 Å². The van der Waals surface area contributed by atoms with Gasteiger partial charge in [-0.15, -0.1) is 0 Å². The molecule has 4 nitrogen and oxygen atoms in total. The molecule has 0 radical (unpaired) electrons. The average Bonchev–Trinajstić information content (AvgIpc) is 3.11. The summed E-state index contributed by atoms with van der Waals surface area (Å²) in [7, 11) is 0. The van der Waals surface area contributed by atoms with Gasteiger partial charge in [-0.25, -0.2) is 0 Å². The zero-order chi connectivity index (χ0) is 16.4. The van der Waals surface area contributed by atoms with E-state index in [2.05, 4.69) is 28.2 Å². The van der Waals surface area contributed by atoms with Crippen LogP contribution in [0.2, 0.25) is 0 Å². The van der Waals surface area contributed by atoms with Gasteiger partial charge in [-0.3, -0.25) is 14.8 Å². The first-order chi connectivity index (χ1) is 11.8. The maximum Gasteiger partial charge on any atom is 0.253 e. The van der Waals surface area contributed by atoms with Crippen molar-refractivity contribution in [3.05, 3.63) is 72.3 Å². The lowest BCUT2D eigenvalue weighted by molar-refractivity contribution is 0.0787. The Morgan fingerprint density at radius 2 is 1.92 bits per heavy atom. The van der Waals surface area contributed by atoms with Crippen molar-refractivity contribution in [1.29, 1.82) is 0 Å². The maximum absolute atomic E-state index is 12.5. The van der Waals surface area contributed by atoms with E-state index in [9.17, 15) is 4.79 Å². The van der Waals surface area contributed by atoms with E-state index in [1.807, 2.05) is 23.4 Å². The summed E-state index contributed by atoms with van der Waals surface area (Å²) in [4.78, 5) is 22.8. The van der Waals surface area contributed by atoms with Gasteiger partial charge in [0.2, 0.25) is 0 Å². The summed E-state index contributed by atoms with van der Waals surface area (Å²) >= 11 is 0. The second-order valence-corrected chi connectivity index (χ2v) is 6.37. The summed E-state index contributed by atoms with van der Waals surface area (Å²) in [6, 6.07) is 11.9. The number of rotatable bonds is 3. The Balaban J connectivity index is 1.48. The molecule has 1 fully saturated rings. The fourth-order valence-corrected chi connectivity index (χ4v) is 3.51. The number of benzene rings is 1. The van der Waals surface area contributed by atoms with Gasteiger partial charge >= 0.3 is 0 Å².